The van der Waals surface area contributed by atoms with Crippen molar-refractivity contribution in [2.75, 3.05) is 6.54 Å². The molecule has 0 bridgehead atoms. The summed E-state index contributed by atoms with van der Waals surface area (Å²) in [5, 5.41) is 3.24. The molecule has 1 saturated heterocycles. The van der Waals surface area contributed by atoms with E-state index in [1.165, 1.54) is 6.42 Å². The molecule has 1 aromatic heterocycles. The van der Waals surface area contributed by atoms with Crippen LogP contribution in [0, 0.1) is 13.8 Å². The maximum atomic E-state index is 12.0. The van der Waals surface area contributed by atoms with Crippen molar-refractivity contribution in [3.05, 3.63) is 17.2 Å². The summed E-state index contributed by atoms with van der Waals surface area (Å²) in [5.74, 6) is 0.607. The molecule has 2 heterocycles. The topological polar surface area (TPSA) is 57.8 Å². The van der Waals surface area contributed by atoms with Crippen LogP contribution in [0.2, 0.25) is 0 Å². The Kier molecular flexibility index (Phi) is 2.86. The minimum atomic E-state index is -0.0382. The summed E-state index contributed by atoms with van der Waals surface area (Å²) in [7, 11) is 0. The average Bonchev–Trinajstić information content (AvgIpc) is 2.59. The first-order valence-electron chi connectivity index (χ1n) is 5.49. The van der Waals surface area contributed by atoms with E-state index in [0.717, 1.165) is 30.8 Å². The van der Waals surface area contributed by atoms with Crippen molar-refractivity contribution in [2.45, 2.75) is 39.2 Å². The second-order valence-corrected chi connectivity index (χ2v) is 4.16. The minimum Gasteiger partial charge on any atom is -0.339 e. The van der Waals surface area contributed by atoms with Gasteiger partial charge in [0, 0.05) is 5.69 Å². The molecule has 0 radical (unpaired) electrons. The van der Waals surface area contributed by atoms with E-state index in [2.05, 4.69) is 15.3 Å². The Hall–Kier alpha value is -1.16. The summed E-state index contributed by atoms with van der Waals surface area (Å²) in [5.41, 5.74) is 1.89. The molecular weight excluding hydrogens is 190 g/mol. The van der Waals surface area contributed by atoms with E-state index >= 15 is 0 Å². The van der Waals surface area contributed by atoms with Crippen LogP contribution in [0.15, 0.2) is 0 Å². The molecule has 0 aromatic carbocycles. The monoisotopic (exact) mass is 207 g/mol. The predicted octanol–water partition coefficient (Wildman–Crippen LogP) is 1.35. The fraction of sp³-hybridized carbons (Fsp3) is 0.636. The zero-order chi connectivity index (χ0) is 10.8. The molecule has 1 aliphatic heterocycles. The first-order valence-corrected chi connectivity index (χ1v) is 5.49. The molecule has 0 saturated carbocycles. The van der Waals surface area contributed by atoms with Gasteiger partial charge in [-0.15, -0.1) is 0 Å². The third kappa shape index (κ3) is 2.09. The number of Topliss-reactive ketones (excluding diaryl/α,β-unsaturated/α-hetero) is 1. The number of hydrogen-bond acceptors (Lipinski definition) is 3. The van der Waals surface area contributed by atoms with Crippen molar-refractivity contribution in [3.63, 3.8) is 0 Å². The van der Waals surface area contributed by atoms with Crippen molar-refractivity contribution in [1.82, 2.24) is 15.3 Å². The van der Waals surface area contributed by atoms with E-state index in [1.807, 2.05) is 13.8 Å². The largest absolute Gasteiger partial charge is 0.339 e. The number of ketones is 1. The number of piperidine rings is 1. The molecule has 0 aliphatic carbocycles. The van der Waals surface area contributed by atoms with Crippen molar-refractivity contribution in [3.8, 4) is 0 Å². The lowest BCUT2D eigenvalue weighted by atomic mass is 10.0. The van der Waals surface area contributed by atoms with Crippen LogP contribution in [-0.2, 0) is 0 Å². The number of aromatic nitrogens is 2. The number of carbonyl (C=O) groups excluding carboxylic acids is 1. The van der Waals surface area contributed by atoms with Gasteiger partial charge in [0.2, 0.25) is 5.78 Å². The maximum absolute atomic E-state index is 12.0. The number of aromatic amines is 1. The van der Waals surface area contributed by atoms with Gasteiger partial charge in [0.1, 0.15) is 0 Å². The highest BCUT2D eigenvalue weighted by Gasteiger charge is 2.24. The Morgan fingerprint density at radius 1 is 1.40 bits per heavy atom. The van der Waals surface area contributed by atoms with Gasteiger partial charge in [-0.2, -0.15) is 0 Å². The number of H-pyrrole nitrogens is 1. The molecule has 82 valence electrons. The van der Waals surface area contributed by atoms with Crippen LogP contribution < -0.4 is 5.32 Å². The molecule has 2 N–H and O–H groups in total. The summed E-state index contributed by atoms with van der Waals surface area (Å²) in [6, 6.07) is -0.0382. The average molecular weight is 207 g/mol. The SMILES string of the molecule is Cc1nc(C(=O)C2CCCCN2)[nH]c1C. The Morgan fingerprint density at radius 3 is 2.73 bits per heavy atom. The number of carbonyl (C=O) groups is 1. The third-order valence-corrected chi connectivity index (χ3v) is 2.99. The molecular formula is C11H17N3O. The molecule has 1 aliphatic rings. The molecule has 2 rings (SSSR count). The number of nitrogens with one attached hydrogen (secondary N) is 2. The van der Waals surface area contributed by atoms with E-state index in [0.29, 0.717) is 5.82 Å². The molecule has 4 nitrogen and oxygen atoms in total. The molecule has 1 atom stereocenters. The van der Waals surface area contributed by atoms with Crippen LogP contribution in [0.25, 0.3) is 0 Å². The van der Waals surface area contributed by atoms with E-state index in [-0.39, 0.29) is 11.8 Å². The highest BCUT2D eigenvalue weighted by molar-refractivity contribution is 5.97. The van der Waals surface area contributed by atoms with Crippen molar-refractivity contribution in [2.24, 2.45) is 0 Å². The number of imidazole rings is 1. The standard InChI is InChI=1S/C11H17N3O/c1-7-8(2)14-11(13-7)10(15)9-5-3-4-6-12-9/h9,12H,3-6H2,1-2H3,(H,13,14). The predicted molar refractivity (Wildman–Crippen MR) is 58.0 cm³/mol. The zero-order valence-electron chi connectivity index (χ0n) is 9.26. The van der Waals surface area contributed by atoms with Gasteiger partial charge in [0.05, 0.1) is 11.7 Å². The van der Waals surface area contributed by atoms with E-state index in [9.17, 15) is 4.79 Å². The number of aryl methyl sites for hydroxylation is 2. The van der Waals surface area contributed by atoms with Crippen molar-refractivity contribution < 1.29 is 4.79 Å². The van der Waals surface area contributed by atoms with Gasteiger partial charge in [0.25, 0.3) is 0 Å². The van der Waals surface area contributed by atoms with Gasteiger partial charge in [-0.05, 0) is 33.2 Å². The first kappa shape index (κ1) is 10.4. The quantitative estimate of drug-likeness (QED) is 0.720. The van der Waals surface area contributed by atoms with Crippen molar-refractivity contribution in [1.29, 1.82) is 0 Å². The van der Waals surface area contributed by atoms with E-state index in [1.54, 1.807) is 0 Å². The normalized spacial score (nSPS) is 21.6. The van der Waals surface area contributed by atoms with Crippen LogP contribution >= 0.6 is 0 Å². The smallest absolute Gasteiger partial charge is 0.214 e. The number of rotatable bonds is 2. The summed E-state index contributed by atoms with van der Waals surface area (Å²) in [4.78, 5) is 19.3. The molecule has 1 aromatic rings. The van der Waals surface area contributed by atoms with Crippen LogP contribution in [-0.4, -0.2) is 28.3 Å². The number of hydrogen-bond donors (Lipinski definition) is 2. The second kappa shape index (κ2) is 4.14. The van der Waals surface area contributed by atoms with Gasteiger partial charge < -0.3 is 10.3 Å². The number of nitrogens with zero attached hydrogens (tertiary/aromatic N) is 1. The van der Waals surface area contributed by atoms with E-state index < -0.39 is 0 Å². The lowest BCUT2D eigenvalue weighted by Crippen LogP contribution is -2.40. The molecule has 1 fully saturated rings. The fourth-order valence-electron chi connectivity index (χ4n) is 1.90. The Bertz CT molecular complexity index is 344. The van der Waals surface area contributed by atoms with Crippen LogP contribution in [0.4, 0.5) is 0 Å². The molecule has 4 heteroatoms. The third-order valence-electron chi connectivity index (χ3n) is 2.99. The lowest BCUT2D eigenvalue weighted by Gasteiger charge is -2.21. The summed E-state index contributed by atoms with van der Waals surface area (Å²) in [6.07, 6.45) is 3.22. The van der Waals surface area contributed by atoms with Crippen molar-refractivity contribution >= 4 is 5.78 Å². The summed E-state index contributed by atoms with van der Waals surface area (Å²) < 4.78 is 0. The highest BCUT2D eigenvalue weighted by atomic mass is 16.1. The van der Waals surface area contributed by atoms with Crippen LogP contribution in [0.1, 0.15) is 41.3 Å². The van der Waals surface area contributed by atoms with Crippen LogP contribution in [0.3, 0.4) is 0 Å². The molecule has 0 spiro atoms. The Balaban J connectivity index is 2.12. The summed E-state index contributed by atoms with van der Waals surface area (Å²) >= 11 is 0. The second-order valence-electron chi connectivity index (χ2n) is 4.16. The highest BCUT2D eigenvalue weighted by Crippen LogP contribution is 2.12. The molecule has 1 unspecified atom stereocenters. The lowest BCUT2D eigenvalue weighted by molar-refractivity contribution is 0.0917. The molecule has 15 heavy (non-hydrogen) atoms. The Labute approximate surface area is 89.5 Å². The van der Waals surface area contributed by atoms with Gasteiger partial charge in [-0.25, -0.2) is 4.98 Å². The molecule has 0 amide bonds. The summed E-state index contributed by atoms with van der Waals surface area (Å²) in [6.45, 7) is 4.79. The fourth-order valence-corrected chi connectivity index (χ4v) is 1.90. The van der Waals surface area contributed by atoms with Gasteiger partial charge in [0.15, 0.2) is 5.82 Å². The Morgan fingerprint density at radius 2 is 2.20 bits per heavy atom. The minimum absolute atomic E-state index is 0.0382. The van der Waals surface area contributed by atoms with Gasteiger partial charge >= 0.3 is 0 Å². The first-order chi connectivity index (χ1) is 7.18. The van der Waals surface area contributed by atoms with Gasteiger partial charge in [-0.1, -0.05) is 6.42 Å². The van der Waals surface area contributed by atoms with E-state index in [4.69, 9.17) is 0 Å². The van der Waals surface area contributed by atoms with Gasteiger partial charge in [-0.3, -0.25) is 4.79 Å². The maximum Gasteiger partial charge on any atom is 0.214 e. The zero-order valence-corrected chi connectivity index (χ0v) is 9.26. The van der Waals surface area contributed by atoms with Crippen LogP contribution in [0.5, 0.6) is 0 Å².